The number of hydrogen-bond donors (Lipinski definition) is 0. The second-order valence-electron chi connectivity index (χ2n) is 5.81. The molecule has 0 aromatic heterocycles. The average molecular weight is 349 g/mol. The van der Waals surface area contributed by atoms with E-state index in [1.54, 1.807) is 31.2 Å². The van der Waals surface area contributed by atoms with E-state index in [-0.39, 0.29) is 18.3 Å². The van der Waals surface area contributed by atoms with Crippen LogP contribution in [0.3, 0.4) is 0 Å². The second kappa shape index (κ2) is 6.03. The Morgan fingerprint density at radius 1 is 1.19 bits per heavy atom. The van der Waals surface area contributed by atoms with E-state index in [1.807, 2.05) is 6.07 Å². The van der Waals surface area contributed by atoms with Crippen LogP contribution in [0.25, 0.3) is 6.08 Å². The van der Waals surface area contributed by atoms with Crippen LogP contribution in [-0.4, -0.2) is 24.4 Å². The molecule has 2 aromatic carbocycles. The Bertz CT molecular complexity index is 993. The summed E-state index contributed by atoms with van der Waals surface area (Å²) >= 11 is 0. The molecule has 7 nitrogen and oxygen atoms in total. The topological polar surface area (TPSA) is 91.3 Å². The highest BCUT2D eigenvalue weighted by molar-refractivity contribution is 6.32. The quantitative estimate of drug-likeness (QED) is 0.785. The first-order chi connectivity index (χ1) is 12.5. The minimum Gasteiger partial charge on any atom is -0.545 e. The Balaban J connectivity index is 1.66. The van der Waals surface area contributed by atoms with Gasteiger partial charge in [-0.05, 0) is 48.4 Å². The molecule has 0 aliphatic carbocycles. The van der Waals surface area contributed by atoms with Crippen LogP contribution in [0.4, 0.5) is 5.69 Å². The lowest BCUT2D eigenvalue weighted by Gasteiger charge is -2.13. The maximum Gasteiger partial charge on any atom is 0.280 e. The number of amides is 1. The molecule has 0 saturated carbocycles. The summed E-state index contributed by atoms with van der Waals surface area (Å²) in [6, 6.07) is 11.3. The minimum absolute atomic E-state index is 0.0173. The number of hydrogen-bond acceptors (Lipinski definition) is 6. The number of carbonyl (C=O) groups is 2. The number of nitrogens with zero attached hydrogens (tertiary/aromatic N) is 2. The van der Waals surface area contributed by atoms with Gasteiger partial charge in [0.2, 0.25) is 6.79 Å². The second-order valence-corrected chi connectivity index (χ2v) is 5.81. The highest BCUT2D eigenvalue weighted by atomic mass is 16.7. The molecule has 0 fully saturated rings. The first-order valence-electron chi connectivity index (χ1n) is 7.86. The number of hydrazone groups is 1. The largest absolute Gasteiger partial charge is 0.545 e. The molecule has 0 N–H and O–H groups in total. The van der Waals surface area contributed by atoms with E-state index in [0.29, 0.717) is 28.5 Å². The summed E-state index contributed by atoms with van der Waals surface area (Å²) in [4.78, 5) is 23.8. The third-order valence-electron chi connectivity index (χ3n) is 4.10. The number of anilines is 1. The maximum atomic E-state index is 12.8. The Morgan fingerprint density at radius 3 is 2.81 bits per heavy atom. The molecular weight excluding hydrogens is 336 g/mol. The molecule has 0 bridgehead atoms. The standard InChI is InChI=1S/C19H14N2O5/c1-11-15(7-12-5-6-16-17(8-12)26-10-25-16)18(22)21(20-11)14-4-2-3-13(9-14)19(23)24/h2-9H,10H2,1H3,(H,23,24)/p-1/b15-7+. The molecular formula is C19H13N2O5-. The average Bonchev–Trinajstić information content (AvgIpc) is 3.21. The molecule has 0 radical (unpaired) electrons. The fourth-order valence-corrected chi connectivity index (χ4v) is 2.79. The first-order valence-corrected chi connectivity index (χ1v) is 7.86. The molecule has 2 aliphatic rings. The van der Waals surface area contributed by atoms with Crippen molar-refractivity contribution in [3.63, 3.8) is 0 Å². The van der Waals surface area contributed by atoms with Crippen molar-refractivity contribution in [2.24, 2.45) is 5.10 Å². The number of aromatic carboxylic acids is 1. The van der Waals surface area contributed by atoms with E-state index in [0.717, 1.165) is 5.56 Å². The number of rotatable bonds is 3. The van der Waals surface area contributed by atoms with Gasteiger partial charge in [0.15, 0.2) is 11.5 Å². The van der Waals surface area contributed by atoms with Crippen molar-refractivity contribution in [1.29, 1.82) is 0 Å². The predicted octanol–water partition coefficient (Wildman–Crippen LogP) is 1.58. The predicted molar refractivity (Wildman–Crippen MR) is 91.9 cm³/mol. The highest BCUT2D eigenvalue weighted by Gasteiger charge is 2.29. The van der Waals surface area contributed by atoms with Crippen LogP contribution < -0.4 is 19.6 Å². The number of carboxylic acids is 1. The normalized spacial score (nSPS) is 17.0. The van der Waals surface area contributed by atoms with Gasteiger partial charge >= 0.3 is 0 Å². The molecule has 2 heterocycles. The van der Waals surface area contributed by atoms with E-state index >= 15 is 0 Å². The molecule has 26 heavy (non-hydrogen) atoms. The fraction of sp³-hybridized carbons (Fsp3) is 0.105. The first kappa shape index (κ1) is 15.9. The molecule has 0 spiro atoms. The van der Waals surface area contributed by atoms with Gasteiger partial charge in [0.05, 0.1) is 22.9 Å². The van der Waals surface area contributed by atoms with Gasteiger partial charge in [0.25, 0.3) is 5.91 Å². The van der Waals surface area contributed by atoms with Crippen LogP contribution in [0.15, 0.2) is 53.1 Å². The summed E-state index contributed by atoms with van der Waals surface area (Å²) < 4.78 is 10.6. The van der Waals surface area contributed by atoms with E-state index < -0.39 is 5.97 Å². The third kappa shape index (κ3) is 2.69. The van der Waals surface area contributed by atoms with E-state index in [9.17, 15) is 14.7 Å². The number of carboxylic acid groups (broad SMARTS) is 1. The lowest BCUT2D eigenvalue weighted by atomic mass is 10.1. The van der Waals surface area contributed by atoms with E-state index in [1.165, 1.54) is 23.2 Å². The molecule has 0 unspecified atom stereocenters. The van der Waals surface area contributed by atoms with Crippen molar-refractivity contribution in [2.45, 2.75) is 6.92 Å². The highest BCUT2D eigenvalue weighted by Crippen LogP contribution is 2.34. The van der Waals surface area contributed by atoms with Crippen LogP contribution in [0, 0.1) is 0 Å². The van der Waals surface area contributed by atoms with Crippen molar-refractivity contribution in [2.75, 3.05) is 11.8 Å². The SMILES string of the molecule is CC1=NN(c2cccc(C(=O)[O-])c2)C(=O)/C1=C/c1ccc2c(c1)OCO2. The van der Waals surface area contributed by atoms with Gasteiger partial charge in [-0.15, -0.1) is 0 Å². The van der Waals surface area contributed by atoms with Crippen LogP contribution >= 0.6 is 0 Å². The van der Waals surface area contributed by atoms with Gasteiger partial charge in [0.1, 0.15) is 0 Å². The Hall–Kier alpha value is -3.61. The molecule has 7 heteroatoms. The summed E-state index contributed by atoms with van der Waals surface area (Å²) in [5.74, 6) is -0.361. The summed E-state index contributed by atoms with van der Waals surface area (Å²) in [5.41, 5.74) is 2.08. The minimum atomic E-state index is -1.31. The lowest BCUT2D eigenvalue weighted by Crippen LogP contribution is -2.24. The summed E-state index contributed by atoms with van der Waals surface area (Å²) in [5, 5.41) is 16.5. The third-order valence-corrected chi connectivity index (χ3v) is 4.10. The molecule has 0 atom stereocenters. The van der Waals surface area contributed by atoms with Gasteiger partial charge in [-0.2, -0.15) is 10.1 Å². The van der Waals surface area contributed by atoms with Gasteiger partial charge < -0.3 is 19.4 Å². The van der Waals surface area contributed by atoms with Crippen molar-refractivity contribution in [3.8, 4) is 11.5 Å². The van der Waals surface area contributed by atoms with Gasteiger partial charge in [-0.3, -0.25) is 4.79 Å². The molecule has 0 saturated heterocycles. The maximum absolute atomic E-state index is 12.8. The Morgan fingerprint density at radius 2 is 2.00 bits per heavy atom. The molecule has 4 rings (SSSR count). The fourth-order valence-electron chi connectivity index (χ4n) is 2.79. The van der Waals surface area contributed by atoms with Gasteiger partial charge in [-0.1, -0.05) is 18.2 Å². The monoisotopic (exact) mass is 349 g/mol. The van der Waals surface area contributed by atoms with Crippen LogP contribution in [-0.2, 0) is 4.79 Å². The zero-order valence-corrected chi connectivity index (χ0v) is 13.8. The van der Waals surface area contributed by atoms with Crippen LogP contribution in [0.5, 0.6) is 11.5 Å². The Labute approximate surface area is 148 Å². The van der Waals surface area contributed by atoms with Crippen molar-refractivity contribution in [1.82, 2.24) is 0 Å². The van der Waals surface area contributed by atoms with E-state index in [2.05, 4.69) is 5.10 Å². The molecule has 130 valence electrons. The van der Waals surface area contributed by atoms with Crippen LogP contribution in [0.2, 0.25) is 0 Å². The summed E-state index contributed by atoms with van der Waals surface area (Å²) in [6.45, 7) is 1.90. The van der Waals surface area contributed by atoms with Crippen molar-refractivity contribution >= 4 is 29.4 Å². The van der Waals surface area contributed by atoms with Crippen LogP contribution in [0.1, 0.15) is 22.8 Å². The Kier molecular flexibility index (Phi) is 3.69. The lowest BCUT2D eigenvalue weighted by molar-refractivity contribution is -0.255. The van der Waals surface area contributed by atoms with E-state index in [4.69, 9.17) is 9.47 Å². The molecule has 1 amide bonds. The molecule has 2 aliphatic heterocycles. The summed E-state index contributed by atoms with van der Waals surface area (Å²) in [7, 11) is 0. The zero-order chi connectivity index (χ0) is 18.3. The number of ether oxygens (including phenoxy) is 2. The van der Waals surface area contributed by atoms with Gasteiger partial charge in [0, 0.05) is 0 Å². The molecule has 2 aromatic rings. The van der Waals surface area contributed by atoms with Crippen molar-refractivity contribution in [3.05, 3.63) is 59.2 Å². The number of fused-ring (bicyclic) bond motifs is 1. The summed E-state index contributed by atoms with van der Waals surface area (Å²) in [6.07, 6.45) is 1.71. The number of carbonyl (C=O) groups excluding carboxylic acids is 2. The smallest absolute Gasteiger partial charge is 0.280 e. The number of benzene rings is 2. The van der Waals surface area contributed by atoms with Crippen molar-refractivity contribution < 1.29 is 24.2 Å². The van der Waals surface area contributed by atoms with Gasteiger partial charge in [-0.25, -0.2) is 0 Å². The zero-order valence-electron chi connectivity index (χ0n) is 13.8.